The monoisotopic (exact) mass is 435 g/mol. The number of hydrogen-bond donors (Lipinski definition) is 1. The van der Waals surface area contributed by atoms with Gasteiger partial charge in [0.05, 0.1) is 10.2 Å². The Balaban J connectivity index is 1.35. The van der Waals surface area contributed by atoms with Gasteiger partial charge < -0.3 is 4.52 Å². The minimum absolute atomic E-state index is 0.261. The molecule has 0 amide bonds. The zero-order valence-corrected chi connectivity index (χ0v) is 17.6. The Hall–Kier alpha value is -3.23. The molecule has 0 spiro atoms. The molecule has 0 saturated carbocycles. The molecule has 0 fully saturated rings. The van der Waals surface area contributed by atoms with Crippen LogP contribution in [0.25, 0.3) is 31.8 Å². The first-order valence-corrected chi connectivity index (χ1v) is 11.8. The number of nitrogens with zero attached hydrogens (tertiary/aromatic N) is 2. The maximum Gasteiger partial charge on any atom is 0.238 e. The lowest BCUT2D eigenvalue weighted by Crippen LogP contribution is -2.15. The molecular weight excluding hydrogens is 418 g/mol. The van der Waals surface area contributed by atoms with E-state index in [1.165, 1.54) is 5.56 Å². The van der Waals surface area contributed by atoms with Crippen molar-refractivity contribution in [3.05, 3.63) is 78.0 Å². The van der Waals surface area contributed by atoms with Gasteiger partial charge in [-0.3, -0.25) is 4.72 Å². The molecule has 6 nitrogen and oxygen atoms in total. The molecule has 2 aromatic heterocycles. The molecule has 30 heavy (non-hydrogen) atoms. The average Bonchev–Trinajstić information content (AvgIpc) is 3.32. The van der Waals surface area contributed by atoms with Crippen molar-refractivity contribution in [2.45, 2.75) is 12.7 Å². The molecule has 150 valence electrons. The van der Waals surface area contributed by atoms with Crippen LogP contribution >= 0.6 is 11.3 Å². The summed E-state index contributed by atoms with van der Waals surface area (Å²) in [5.41, 5.74) is 4.55. The van der Waals surface area contributed by atoms with Crippen LogP contribution in [0.1, 0.15) is 11.3 Å². The lowest BCUT2D eigenvalue weighted by atomic mass is 10.2. The van der Waals surface area contributed by atoms with E-state index in [1.54, 1.807) is 35.6 Å². The van der Waals surface area contributed by atoms with Crippen LogP contribution in [0.2, 0.25) is 0 Å². The highest BCUT2D eigenvalue weighted by Gasteiger charge is 2.18. The fraction of sp³-hybridized carbons (Fsp3) is 0.0909. The first-order valence-electron chi connectivity index (χ1n) is 9.28. The van der Waals surface area contributed by atoms with E-state index in [4.69, 9.17) is 4.52 Å². The van der Waals surface area contributed by atoms with Gasteiger partial charge in [-0.1, -0.05) is 23.4 Å². The van der Waals surface area contributed by atoms with E-state index in [-0.39, 0.29) is 5.75 Å². The summed E-state index contributed by atoms with van der Waals surface area (Å²) in [6.07, 6.45) is 0. The van der Waals surface area contributed by atoms with Crippen molar-refractivity contribution in [3.63, 3.8) is 0 Å². The fourth-order valence-corrected chi connectivity index (χ4v) is 5.48. The third-order valence-electron chi connectivity index (χ3n) is 4.73. The summed E-state index contributed by atoms with van der Waals surface area (Å²) in [5.74, 6) is -0.261. The summed E-state index contributed by atoms with van der Waals surface area (Å²) in [6.45, 7) is 2.06. The van der Waals surface area contributed by atoms with Gasteiger partial charge in [0, 0.05) is 16.6 Å². The number of benzene rings is 3. The van der Waals surface area contributed by atoms with E-state index < -0.39 is 10.0 Å². The summed E-state index contributed by atoms with van der Waals surface area (Å²) < 4.78 is 34.2. The SMILES string of the molecule is Cc1ccc2nc(-c3ccc(NS(=O)(=O)Cc4noc5ccccc45)cc3)sc2c1. The Bertz CT molecular complexity index is 1470. The third kappa shape index (κ3) is 3.67. The highest BCUT2D eigenvalue weighted by atomic mass is 32.2. The molecule has 0 saturated heterocycles. The second kappa shape index (κ2) is 7.23. The van der Waals surface area contributed by atoms with Crippen molar-refractivity contribution in [2.24, 2.45) is 0 Å². The van der Waals surface area contributed by atoms with Crippen LogP contribution in [0.3, 0.4) is 0 Å². The standard InChI is InChI=1S/C22H17N3O3S2/c1-14-6-11-18-21(12-14)29-22(23-18)15-7-9-16(10-8-15)25-30(26,27)13-19-17-4-2-3-5-20(17)28-24-19/h2-12,25H,13H2,1H3. The van der Waals surface area contributed by atoms with Gasteiger partial charge in [-0.25, -0.2) is 13.4 Å². The van der Waals surface area contributed by atoms with Gasteiger partial charge >= 0.3 is 0 Å². The number of aryl methyl sites for hydroxylation is 1. The second-order valence-corrected chi connectivity index (χ2v) is 9.81. The van der Waals surface area contributed by atoms with Crippen LogP contribution in [0, 0.1) is 6.92 Å². The predicted octanol–water partition coefficient (Wildman–Crippen LogP) is 5.35. The summed E-state index contributed by atoms with van der Waals surface area (Å²) >= 11 is 1.62. The number of para-hydroxylation sites is 1. The number of anilines is 1. The van der Waals surface area contributed by atoms with Crippen molar-refractivity contribution in [1.82, 2.24) is 10.1 Å². The maximum absolute atomic E-state index is 12.6. The lowest BCUT2D eigenvalue weighted by molar-refractivity contribution is 0.448. The van der Waals surface area contributed by atoms with E-state index in [0.717, 1.165) is 20.8 Å². The van der Waals surface area contributed by atoms with Crippen molar-refractivity contribution < 1.29 is 12.9 Å². The predicted molar refractivity (Wildman–Crippen MR) is 120 cm³/mol. The topological polar surface area (TPSA) is 85.1 Å². The van der Waals surface area contributed by atoms with Crippen LogP contribution in [-0.2, 0) is 15.8 Å². The zero-order chi connectivity index (χ0) is 20.7. The van der Waals surface area contributed by atoms with Gasteiger partial charge in [0.2, 0.25) is 10.0 Å². The van der Waals surface area contributed by atoms with Crippen LogP contribution in [-0.4, -0.2) is 18.6 Å². The second-order valence-electron chi connectivity index (χ2n) is 7.05. The minimum atomic E-state index is -3.64. The molecule has 3 aromatic carbocycles. The third-order valence-corrected chi connectivity index (χ3v) is 7.00. The van der Waals surface area contributed by atoms with Gasteiger partial charge in [-0.2, -0.15) is 0 Å². The number of aromatic nitrogens is 2. The van der Waals surface area contributed by atoms with Gasteiger partial charge in [-0.05, 0) is 61.0 Å². The van der Waals surface area contributed by atoms with Crippen molar-refractivity contribution in [2.75, 3.05) is 4.72 Å². The smallest absolute Gasteiger partial charge is 0.238 e. The summed E-state index contributed by atoms with van der Waals surface area (Å²) in [6, 6.07) is 20.6. The quantitative estimate of drug-likeness (QED) is 0.402. The molecule has 0 radical (unpaired) electrons. The Morgan fingerprint density at radius 2 is 1.83 bits per heavy atom. The van der Waals surface area contributed by atoms with E-state index in [9.17, 15) is 8.42 Å². The molecule has 0 bridgehead atoms. The van der Waals surface area contributed by atoms with Crippen LogP contribution < -0.4 is 4.72 Å². The zero-order valence-electron chi connectivity index (χ0n) is 16.0. The molecule has 2 heterocycles. The Kier molecular flexibility index (Phi) is 4.52. The molecule has 0 aliphatic carbocycles. The van der Waals surface area contributed by atoms with Crippen LogP contribution in [0.15, 0.2) is 71.3 Å². The lowest BCUT2D eigenvalue weighted by Gasteiger charge is -2.07. The van der Waals surface area contributed by atoms with E-state index in [2.05, 4.69) is 27.9 Å². The van der Waals surface area contributed by atoms with Crippen molar-refractivity contribution in [3.8, 4) is 10.6 Å². The molecular formula is C22H17N3O3S2. The van der Waals surface area contributed by atoms with Gasteiger partial charge in [0.25, 0.3) is 0 Å². The molecule has 5 aromatic rings. The molecule has 0 atom stereocenters. The molecule has 5 rings (SSSR count). The number of fused-ring (bicyclic) bond motifs is 2. The van der Waals surface area contributed by atoms with Crippen molar-refractivity contribution in [1.29, 1.82) is 0 Å². The van der Waals surface area contributed by atoms with E-state index in [0.29, 0.717) is 22.4 Å². The van der Waals surface area contributed by atoms with Gasteiger partial charge in [0.1, 0.15) is 16.5 Å². The Morgan fingerprint density at radius 1 is 1.03 bits per heavy atom. The Morgan fingerprint density at radius 3 is 2.67 bits per heavy atom. The average molecular weight is 436 g/mol. The van der Waals surface area contributed by atoms with E-state index >= 15 is 0 Å². The number of thiazole rings is 1. The molecule has 8 heteroatoms. The summed E-state index contributed by atoms with van der Waals surface area (Å²) in [5, 5.41) is 5.50. The molecule has 0 aliphatic heterocycles. The molecule has 1 N–H and O–H groups in total. The summed E-state index contributed by atoms with van der Waals surface area (Å²) in [7, 11) is -3.64. The number of nitrogens with one attached hydrogen (secondary N) is 1. The first kappa shape index (κ1) is 18.8. The van der Waals surface area contributed by atoms with Crippen LogP contribution in [0.4, 0.5) is 5.69 Å². The molecule has 0 unspecified atom stereocenters. The summed E-state index contributed by atoms with van der Waals surface area (Å²) in [4.78, 5) is 4.67. The first-order chi connectivity index (χ1) is 14.5. The number of rotatable bonds is 5. The molecule has 0 aliphatic rings. The normalized spacial score (nSPS) is 11.9. The Labute approximate surface area is 177 Å². The highest BCUT2D eigenvalue weighted by molar-refractivity contribution is 7.91. The fourth-order valence-electron chi connectivity index (χ4n) is 3.27. The highest BCUT2D eigenvalue weighted by Crippen LogP contribution is 2.31. The van der Waals surface area contributed by atoms with Gasteiger partial charge in [-0.15, -0.1) is 11.3 Å². The minimum Gasteiger partial charge on any atom is -0.356 e. The largest absolute Gasteiger partial charge is 0.356 e. The number of hydrogen-bond acceptors (Lipinski definition) is 6. The van der Waals surface area contributed by atoms with Gasteiger partial charge in [0.15, 0.2) is 5.58 Å². The maximum atomic E-state index is 12.6. The van der Waals surface area contributed by atoms with Crippen molar-refractivity contribution >= 4 is 48.2 Å². The number of sulfonamides is 1. The van der Waals surface area contributed by atoms with Crippen LogP contribution in [0.5, 0.6) is 0 Å². The van der Waals surface area contributed by atoms with E-state index in [1.807, 2.05) is 36.4 Å².